The van der Waals surface area contributed by atoms with Gasteiger partial charge in [0, 0.05) is 6.07 Å². The summed E-state index contributed by atoms with van der Waals surface area (Å²) in [5.41, 5.74) is 2.41. The lowest BCUT2D eigenvalue weighted by molar-refractivity contribution is -0.192. The Morgan fingerprint density at radius 1 is 1.24 bits per heavy atom. The summed E-state index contributed by atoms with van der Waals surface area (Å²) < 4.78 is 38.1. The van der Waals surface area contributed by atoms with Crippen molar-refractivity contribution < 1.29 is 37.7 Å². The van der Waals surface area contributed by atoms with Gasteiger partial charge in [0.1, 0.15) is 5.75 Å². The van der Waals surface area contributed by atoms with Crippen molar-refractivity contribution in [3.8, 4) is 11.6 Å². The molecule has 0 atom stereocenters. The molecule has 0 amide bonds. The quantitative estimate of drug-likeness (QED) is 0.634. The number of fused-ring (bicyclic) bond motifs is 1. The molecule has 25 heavy (non-hydrogen) atoms. The van der Waals surface area contributed by atoms with Crippen molar-refractivity contribution in [3.05, 3.63) is 29.4 Å². The Hall–Kier alpha value is -3.22. The number of hydrogen-bond acceptors (Lipinski definition) is 7. The van der Waals surface area contributed by atoms with Gasteiger partial charge in [-0.2, -0.15) is 13.2 Å². The molecule has 132 valence electrons. The Morgan fingerprint density at radius 3 is 2.52 bits per heavy atom. The SMILES string of the molecule is O=C(O)C(F)(F)F.O=C(O)c1[nH]nnc1Oc1ccc2ncsc2c1. The minimum absolute atomic E-state index is 0.0636. The number of benzene rings is 1. The predicted octanol–water partition coefficient (Wildman–Crippen LogP) is 2.54. The normalized spacial score (nSPS) is 10.8. The van der Waals surface area contributed by atoms with Crippen LogP contribution in [0, 0.1) is 0 Å². The largest absolute Gasteiger partial charge is 0.490 e. The zero-order valence-electron chi connectivity index (χ0n) is 11.8. The molecule has 3 rings (SSSR count). The van der Waals surface area contributed by atoms with Crippen LogP contribution in [-0.4, -0.2) is 48.7 Å². The summed E-state index contributed by atoms with van der Waals surface area (Å²) >= 11 is 1.47. The lowest BCUT2D eigenvalue weighted by Crippen LogP contribution is -2.21. The van der Waals surface area contributed by atoms with Gasteiger partial charge in [0.25, 0.3) is 5.88 Å². The molecule has 0 fully saturated rings. The second-order valence-electron chi connectivity index (χ2n) is 4.18. The molecule has 3 aromatic rings. The standard InChI is InChI=1S/C10H6N4O3S.C2HF3O2/c15-10(16)8-9(13-14-12-8)17-5-1-2-6-7(3-5)18-4-11-6;3-2(4,5)1(6)7/h1-4H,(H,15,16)(H,12,13,14);(H,6,7). The molecule has 0 spiro atoms. The number of aliphatic carboxylic acids is 1. The van der Waals surface area contributed by atoms with Gasteiger partial charge in [-0.25, -0.2) is 19.7 Å². The zero-order valence-corrected chi connectivity index (χ0v) is 12.6. The first-order valence-corrected chi connectivity index (χ1v) is 7.02. The van der Waals surface area contributed by atoms with Gasteiger partial charge in [0.2, 0.25) is 5.69 Å². The van der Waals surface area contributed by atoms with Gasteiger partial charge in [-0.05, 0) is 12.1 Å². The monoisotopic (exact) mass is 376 g/mol. The molecule has 0 aliphatic rings. The Kier molecular flexibility index (Phi) is 5.17. The fourth-order valence-corrected chi connectivity index (χ4v) is 2.15. The van der Waals surface area contributed by atoms with Gasteiger partial charge >= 0.3 is 18.1 Å². The molecule has 0 aliphatic heterocycles. The van der Waals surface area contributed by atoms with Crippen molar-refractivity contribution in [3.63, 3.8) is 0 Å². The van der Waals surface area contributed by atoms with Gasteiger partial charge in [-0.15, -0.1) is 11.3 Å². The van der Waals surface area contributed by atoms with E-state index in [1.165, 1.54) is 11.3 Å². The first-order valence-electron chi connectivity index (χ1n) is 6.14. The number of halogens is 3. The predicted molar refractivity (Wildman–Crippen MR) is 76.7 cm³/mol. The minimum Gasteiger partial charge on any atom is -0.476 e. The van der Waals surface area contributed by atoms with E-state index >= 15 is 0 Å². The molecule has 13 heteroatoms. The Labute approximate surface area is 139 Å². The van der Waals surface area contributed by atoms with E-state index in [1.807, 2.05) is 0 Å². The molecule has 0 unspecified atom stereocenters. The van der Waals surface area contributed by atoms with Crippen molar-refractivity contribution in [2.24, 2.45) is 0 Å². The molecule has 2 heterocycles. The zero-order chi connectivity index (χ0) is 18.6. The highest BCUT2D eigenvalue weighted by atomic mass is 32.1. The average Bonchev–Trinajstić information content (AvgIpc) is 3.15. The van der Waals surface area contributed by atoms with Crippen LogP contribution in [0.5, 0.6) is 11.6 Å². The minimum atomic E-state index is -5.08. The van der Waals surface area contributed by atoms with Gasteiger partial charge in [0.05, 0.1) is 15.7 Å². The van der Waals surface area contributed by atoms with E-state index in [-0.39, 0.29) is 11.6 Å². The highest BCUT2D eigenvalue weighted by Crippen LogP contribution is 2.27. The van der Waals surface area contributed by atoms with Crippen LogP contribution in [0.3, 0.4) is 0 Å². The van der Waals surface area contributed by atoms with Crippen molar-refractivity contribution >= 4 is 33.5 Å². The number of nitrogens with one attached hydrogen (secondary N) is 1. The molecule has 0 bridgehead atoms. The maximum Gasteiger partial charge on any atom is 0.490 e. The van der Waals surface area contributed by atoms with Crippen LogP contribution < -0.4 is 4.74 Å². The van der Waals surface area contributed by atoms with Gasteiger partial charge < -0.3 is 14.9 Å². The lowest BCUT2D eigenvalue weighted by atomic mass is 10.3. The average molecular weight is 376 g/mol. The maximum atomic E-state index is 10.8. The summed E-state index contributed by atoms with van der Waals surface area (Å²) in [6.45, 7) is 0. The van der Waals surface area contributed by atoms with E-state index in [4.69, 9.17) is 19.7 Å². The Balaban J connectivity index is 0.000000277. The number of ether oxygens (including phenoxy) is 1. The molecule has 0 saturated heterocycles. The Morgan fingerprint density at radius 2 is 1.92 bits per heavy atom. The number of alkyl halides is 3. The van der Waals surface area contributed by atoms with E-state index in [0.717, 1.165) is 10.2 Å². The van der Waals surface area contributed by atoms with Crippen molar-refractivity contribution in [1.82, 2.24) is 20.4 Å². The van der Waals surface area contributed by atoms with E-state index in [2.05, 4.69) is 20.4 Å². The molecular weight excluding hydrogens is 369 g/mol. The first-order chi connectivity index (χ1) is 11.7. The Bertz CT molecular complexity index is 907. The number of carbonyl (C=O) groups is 2. The number of nitrogens with zero attached hydrogens (tertiary/aromatic N) is 3. The number of aromatic amines is 1. The number of H-pyrrole nitrogens is 1. The van der Waals surface area contributed by atoms with Gasteiger partial charge in [-0.3, -0.25) is 0 Å². The highest BCUT2D eigenvalue weighted by molar-refractivity contribution is 7.16. The van der Waals surface area contributed by atoms with Crippen molar-refractivity contribution in [2.75, 3.05) is 0 Å². The van der Waals surface area contributed by atoms with E-state index in [1.54, 1.807) is 23.7 Å². The number of carboxylic acid groups (broad SMARTS) is 2. The topological polar surface area (TPSA) is 138 Å². The number of thiazole rings is 1. The van der Waals surface area contributed by atoms with Crippen LogP contribution in [0.2, 0.25) is 0 Å². The van der Waals surface area contributed by atoms with Crippen LogP contribution in [0.15, 0.2) is 23.7 Å². The molecule has 9 nitrogen and oxygen atoms in total. The summed E-state index contributed by atoms with van der Waals surface area (Å²) in [6.07, 6.45) is -5.08. The van der Waals surface area contributed by atoms with Gasteiger partial charge in [0.15, 0.2) is 0 Å². The fourth-order valence-electron chi connectivity index (χ4n) is 1.44. The molecule has 0 aliphatic carbocycles. The third-order valence-electron chi connectivity index (χ3n) is 2.49. The van der Waals surface area contributed by atoms with Crippen molar-refractivity contribution in [2.45, 2.75) is 6.18 Å². The maximum absolute atomic E-state index is 10.8. The summed E-state index contributed by atoms with van der Waals surface area (Å²) in [7, 11) is 0. The van der Waals surface area contributed by atoms with Gasteiger partial charge in [-0.1, -0.05) is 10.3 Å². The second-order valence-corrected chi connectivity index (χ2v) is 5.07. The van der Waals surface area contributed by atoms with Crippen LogP contribution in [-0.2, 0) is 4.79 Å². The smallest absolute Gasteiger partial charge is 0.476 e. The molecule has 1 aromatic carbocycles. The van der Waals surface area contributed by atoms with E-state index in [9.17, 15) is 18.0 Å². The highest BCUT2D eigenvalue weighted by Gasteiger charge is 2.38. The first kappa shape index (κ1) is 18.1. The lowest BCUT2D eigenvalue weighted by Gasteiger charge is -2.01. The summed E-state index contributed by atoms with van der Waals surface area (Å²) in [6, 6.07) is 5.26. The molecule has 2 aromatic heterocycles. The third-order valence-corrected chi connectivity index (χ3v) is 3.28. The van der Waals surface area contributed by atoms with Crippen LogP contribution in [0.25, 0.3) is 10.2 Å². The van der Waals surface area contributed by atoms with Crippen LogP contribution in [0.4, 0.5) is 13.2 Å². The summed E-state index contributed by atoms with van der Waals surface area (Å²) in [4.78, 5) is 23.9. The third kappa shape index (κ3) is 4.63. The second kappa shape index (κ2) is 7.12. The summed E-state index contributed by atoms with van der Waals surface area (Å²) in [5.74, 6) is -3.50. The van der Waals surface area contributed by atoms with Crippen LogP contribution >= 0.6 is 11.3 Å². The van der Waals surface area contributed by atoms with E-state index in [0.29, 0.717) is 5.75 Å². The van der Waals surface area contributed by atoms with E-state index < -0.39 is 18.1 Å². The molecule has 0 radical (unpaired) electrons. The number of aromatic nitrogens is 4. The van der Waals surface area contributed by atoms with Crippen LogP contribution in [0.1, 0.15) is 10.5 Å². The molecule has 0 saturated carbocycles. The number of aromatic carboxylic acids is 1. The molecular formula is C12H7F3N4O5S. The van der Waals surface area contributed by atoms with Crippen molar-refractivity contribution in [1.29, 1.82) is 0 Å². The number of carboxylic acids is 2. The summed E-state index contributed by atoms with van der Waals surface area (Å²) in [5, 5.41) is 25.2. The fraction of sp³-hybridized carbons (Fsp3) is 0.0833. The number of hydrogen-bond donors (Lipinski definition) is 3. The molecule has 3 N–H and O–H groups in total. The number of rotatable bonds is 3.